The van der Waals surface area contributed by atoms with Gasteiger partial charge in [-0.25, -0.2) is 0 Å². The Kier molecular flexibility index (Phi) is 6.08. The van der Waals surface area contributed by atoms with Crippen molar-refractivity contribution in [2.24, 2.45) is 0 Å². The van der Waals surface area contributed by atoms with Crippen molar-refractivity contribution < 1.29 is 4.79 Å². The minimum absolute atomic E-state index is 0.108. The van der Waals surface area contributed by atoms with Crippen LogP contribution in [0.3, 0.4) is 0 Å². The first-order chi connectivity index (χ1) is 16.5. The number of carbonyl (C=O) groups excluding carboxylic acids is 1. The van der Waals surface area contributed by atoms with Gasteiger partial charge in [0, 0.05) is 0 Å². The molecule has 0 saturated carbocycles. The molecule has 0 aliphatic carbocycles. The van der Waals surface area contributed by atoms with E-state index in [2.05, 4.69) is 15.5 Å². The van der Waals surface area contributed by atoms with Gasteiger partial charge in [0.2, 0.25) is 11.7 Å². The minimum atomic E-state index is -0.214. The summed E-state index contributed by atoms with van der Waals surface area (Å²) in [5.41, 5.74) is 3.11. The third-order valence-corrected chi connectivity index (χ3v) is 6.63. The van der Waals surface area contributed by atoms with Gasteiger partial charge < -0.3 is 5.32 Å². The van der Waals surface area contributed by atoms with E-state index in [1.165, 1.54) is 11.8 Å². The highest BCUT2D eigenvalue weighted by atomic mass is 35.5. The number of thioether (sulfide) groups is 1. The number of hydrogen-bond acceptors (Lipinski definition) is 5. The van der Waals surface area contributed by atoms with Crippen molar-refractivity contribution in [3.8, 4) is 0 Å². The van der Waals surface area contributed by atoms with Gasteiger partial charge in [-0.05, 0) is 42.3 Å². The molecule has 5 rings (SSSR count). The maximum Gasteiger partial charge on any atom is 0.263 e. The second-order valence-electron chi connectivity index (χ2n) is 7.83. The van der Waals surface area contributed by atoms with Crippen LogP contribution in [0.1, 0.15) is 11.1 Å². The van der Waals surface area contributed by atoms with Gasteiger partial charge in [0.25, 0.3) is 5.56 Å². The third kappa shape index (κ3) is 4.30. The van der Waals surface area contributed by atoms with E-state index in [9.17, 15) is 9.59 Å². The van der Waals surface area contributed by atoms with Crippen molar-refractivity contribution in [1.29, 1.82) is 0 Å². The van der Waals surface area contributed by atoms with Crippen LogP contribution in [0.25, 0.3) is 16.7 Å². The highest BCUT2D eigenvalue weighted by Crippen LogP contribution is 2.25. The molecule has 2 aromatic heterocycles. The standard InChI is InChI=1S/C25H20ClN5O2S/c1-16-11-12-20(19(26)13-16)27-22(32)15-34-25-29-28-24-30(14-17-7-3-2-4-8-17)23(33)18-9-5-6-10-21(18)31(24)25/h2-13H,14-15H2,1H3,(H,27,32). The fourth-order valence-corrected chi connectivity index (χ4v) is 4.80. The second kappa shape index (κ2) is 9.32. The number of hydrogen-bond donors (Lipinski definition) is 1. The van der Waals surface area contributed by atoms with Gasteiger partial charge in [0.1, 0.15) is 0 Å². The molecule has 0 fully saturated rings. The van der Waals surface area contributed by atoms with Crippen molar-refractivity contribution in [1.82, 2.24) is 19.2 Å². The lowest BCUT2D eigenvalue weighted by Crippen LogP contribution is -2.24. The topological polar surface area (TPSA) is 81.3 Å². The number of fused-ring (bicyclic) bond motifs is 3. The number of nitrogens with one attached hydrogen (secondary N) is 1. The molecule has 34 heavy (non-hydrogen) atoms. The van der Waals surface area contributed by atoms with Crippen molar-refractivity contribution >= 4 is 51.6 Å². The quantitative estimate of drug-likeness (QED) is 0.347. The number of amides is 1. The monoisotopic (exact) mass is 489 g/mol. The predicted molar refractivity (Wildman–Crippen MR) is 136 cm³/mol. The molecule has 9 heteroatoms. The Hall–Kier alpha value is -3.62. The number of benzene rings is 3. The van der Waals surface area contributed by atoms with Crippen LogP contribution in [0, 0.1) is 6.92 Å². The number of rotatable bonds is 6. The van der Waals surface area contributed by atoms with Gasteiger partial charge in [-0.15, -0.1) is 10.2 Å². The molecule has 0 aliphatic heterocycles. The summed E-state index contributed by atoms with van der Waals surface area (Å²) in [5, 5.41) is 13.0. The largest absolute Gasteiger partial charge is 0.324 e. The van der Waals surface area contributed by atoms with Crippen LogP contribution in [0.4, 0.5) is 5.69 Å². The minimum Gasteiger partial charge on any atom is -0.324 e. The molecule has 5 aromatic rings. The fourth-order valence-electron chi connectivity index (χ4n) is 3.77. The summed E-state index contributed by atoms with van der Waals surface area (Å²) in [7, 11) is 0. The van der Waals surface area contributed by atoms with Crippen molar-refractivity contribution in [2.45, 2.75) is 18.6 Å². The molecule has 0 aliphatic rings. The molecule has 2 heterocycles. The lowest BCUT2D eigenvalue weighted by molar-refractivity contribution is -0.113. The molecule has 0 unspecified atom stereocenters. The van der Waals surface area contributed by atoms with E-state index < -0.39 is 0 Å². The molecule has 0 atom stereocenters. The molecular weight excluding hydrogens is 470 g/mol. The first kappa shape index (κ1) is 22.2. The van der Waals surface area contributed by atoms with Crippen LogP contribution in [0.15, 0.2) is 82.7 Å². The van der Waals surface area contributed by atoms with Crippen molar-refractivity contribution in [3.63, 3.8) is 0 Å². The SMILES string of the molecule is Cc1ccc(NC(=O)CSc2nnc3n(Cc4ccccc4)c(=O)c4ccccc4n23)c(Cl)c1. The summed E-state index contributed by atoms with van der Waals surface area (Å²) in [4.78, 5) is 25.9. The molecule has 1 amide bonds. The zero-order valence-corrected chi connectivity index (χ0v) is 19.8. The Bertz CT molecular complexity index is 1580. The Morgan fingerprint density at radius 2 is 1.79 bits per heavy atom. The molecule has 0 radical (unpaired) electrons. The summed E-state index contributed by atoms with van der Waals surface area (Å²) in [6.45, 7) is 2.30. The molecule has 0 saturated heterocycles. The molecule has 7 nitrogen and oxygen atoms in total. The summed E-state index contributed by atoms with van der Waals surface area (Å²) in [5.74, 6) is 0.323. The van der Waals surface area contributed by atoms with E-state index in [-0.39, 0.29) is 17.2 Å². The molecule has 0 bridgehead atoms. The smallest absolute Gasteiger partial charge is 0.263 e. The summed E-state index contributed by atoms with van der Waals surface area (Å²) >= 11 is 7.48. The lowest BCUT2D eigenvalue weighted by atomic mass is 10.2. The van der Waals surface area contributed by atoms with Crippen molar-refractivity contribution in [3.05, 3.63) is 99.3 Å². The van der Waals surface area contributed by atoms with Crippen LogP contribution < -0.4 is 10.9 Å². The molecule has 3 aromatic carbocycles. The van der Waals surface area contributed by atoms with Crippen LogP contribution in [0.5, 0.6) is 0 Å². The van der Waals surface area contributed by atoms with E-state index in [0.717, 1.165) is 11.1 Å². The average molecular weight is 490 g/mol. The zero-order chi connectivity index (χ0) is 23.7. The maximum atomic E-state index is 13.3. The summed E-state index contributed by atoms with van der Waals surface area (Å²) in [6, 6.07) is 22.5. The van der Waals surface area contributed by atoms with Crippen LogP contribution in [0.2, 0.25) is 5.02 Å². The number of para-hydroxylation sites is 1. The Morgan fingerprint density at radius 1 is 1.03 bits per heavy atom. The second-order valence-corrected chi connectivity index (χ2v) is 9.18. The third-order valence-electron chi connectivity index (χ3n) is 5.39. The van der Waals surface area contributed by atoms with E-state index in [4.69, 9.17) is 11.6 Å². The van der Waals surface area contributed by atoms with Crippen LogP contribution in [-0.2, 0) is 11.3 Å². The van der Waals surface area contributed by atoms with E-state index in [1.807, 2.05) is 65.9 Å². The van der Waals surface area contributed by atoms with Crippen molar-refractivity contribution in [2.75, 3.05) is 11.1 Å². The summed E-state index contributed by atoms with van der Waals surface area (Å²) < 4.78 is 3.44. The number of halogens is 1. The van der Waals surface area contributed by atoms with Gasteiger partial charge in [-0.2, -0.15) is 0 Å². The molecular formula is C25H20ClN5O2S. The fraction of sp³-hybridized carbons (Fsp3) is 0.120. The highest BCUT2D eigenvalue weighted by Gasteiger charge is 2.18. The number of aryl methyl sites for hydroxylation is 1. The molecule has 1 N–H and O–H groups in total. The van der Waals surface area contributed by atoms with E-state index in [0.29, 0.717) is 39.1 Å². The molecule has 170 valence electrons. The normalized spacial score (nSPS) is 11.2. The summed E-state index contributed by atoms with van der Waals surface area (Å²) in [6.07, 6.45) is 0. The van der Waals surface area contributed by atoms with Gasteiger partial charge >= 0.3 is 0 Å². The zero-order valence-electron chi connectivity index (χ0n) is 18.2. The molecule has 0 spiro atoms. The number of nitrogens with zero attached hydrogens (tertiary/aromatic N) is 4. The van der Waals surface area contributed by atoms with Gasteiger partial charge in [-0.1, -0.05) is 71.9 Å². The first-order valence-corrected chi connectivity index (χ1v) is 12.0. The number of anilines is 1. The van der Waals surface area contributed by atoms with Crippen LogP contribution >= 0.6 is 23.4 Å². The maximum absolute atomic E-state index is 13.3. The highest BCUT2D eigenvalue weighted by molar-refractivity contribution is 7.99. The Labute approximate surface area is 204 Å². The Morgan fingerprint density at radius 3 is 2.59 bits per heavy atom. The lowest BCUT2D eigenvalue weighted by Gasteiger charge is -2.11. The van der Waals surface area contributed by atoms with E-state index in [1.54, 1.807) is 22.8 Å². The van der Waals surface area contributed by atoms with E-state index >= 15 is 0 Å². The number of carbonyl (C=O) groups is 1. The van der Waals surface area contributed by atoms with Gasteiger partial charge in [0.05, 0.1) is 33.9 Å². The van der Waals surface area contributed by atoms with Gasteiger partial charge in [-0.3, -0.25) is 18.6 Å². The van der Waals surface area contributed by atoms with Crippen LogP contribution in [-0.4, -0.2) is 30.8 Å². The Balaban J connectivity index is 1.49. The van der Waals surface area contributed by atoms with Gasteiger partial charge in [0.15, 0.2) is 5.16 Å². The average Bonchev–Trinajstić information content (AvgIpc) is 3.27. The predicted octanol–water partition coefficient (Wildman–Crippen LogP) is 4.79. The number of aromatic nitrogens is 4. The first-order valence-electron chi connectivity index (χ1n) is 10.6.